The number of carbonyl (C=O) groups excluding carboxylic acids is 2. The number of piperidine rings is 1. The van der Waals surface area contributed by atoms with Crippen molar-refractivity contribution in [2.75, 3.05) is 13.1 Å². The van der Waals surface area contributed by atoms with E-state index in [9.17, 15) is 14.9 Å². The molecule has 1 aromatic carbocycles. The van der Waals surface area contributed by atoms with E-state index < -0.39 is 6.04 Å². The van der Waals surface area contributed by atoms with Crippen LogP contribution in [0.3, 0.4) is 0 Å². The number of piperazine rings is 1. The number of likely N-dealkylation sites (tertiary alicyclic amines) is 3. The molecule has 2 amide bonds. The first kappa shape index (κ1) is 22.3. The summed E-state index contributed by atoms with van der Waals surface area (Å²) in [6.07, 6.45) is 4.32. The highest BCUT2D eigenvalue weighted by molar-refractivity contribution is 7.94. The Morgan fingerprint density at radius 2 is 2.15 bits per heavy atom. The van der Waals surface area contributed by atoms with E-state index in [1.54, 1.807) is 4.90 Å². The highest BCUT2D eigenvalue weighted by Crippen LogP contribution is 2.48. The van der Waals surface area contributed by atoms with Crippen molar-refractivity contribution in [1.29, 1.82) is 5.26 Å². The predicted octanol–water partition coefficient (Wildman–Crippen LogP) is 0.628. The van der Waals surface area contributed by atoms with Gasteiger partial charge in [0.25, 0.3) is 0 Å². The van der Waals surface area contributed by atoms with Crippen LogP contribution < -0.4 is 11.6 Å². The minimum atomic E-state index is -0.710. The summed E-state index contributed by atoms with van der Waals surface area (Å²) in [6.45, 7) is 1.09. The second-order valence-electron chi connectivity index (χ2n) is 10.1. The molecule has 180 valence electrons. The van der Waals surface area contributed by atoms with Crippen molar-refractivity contribution in [1.82, 2.24) is 14.7 Å². The van der Waals surface area contributed by atoms with E-state index in [4.69, 9.17) is 16.0 Å². The second-order valence-corrected chi connectivity index (χ2v) is 10.8. The van der Waals surface area contributed by atoms with Crippen molar-refractivity contribution in [3.63, 3.8) is 0 Å². The van der Waals surface area contributed by atoms with Gasteiger partial charge in [0.05, 0.1) is 36.2 Å². The number of hydrogen-bond donors (Lipinski definition) is 2. The van der Waals surface area contributed by atoms with Gasteiger partial charge in [-0.05, 0) is 61.3 Å². The zero-order valence-electron chi connectivity index (χ0n) is 18.7. The van der Waals surface area contributed by atoms with Crippen LogP contribution in [0.5, 0.6) is 0 Å². The fourth-order valence-corrected chi connectivity index (χ4v) is 7.11. The highest BCUT2D eigenvalue weighted by Gasteiger charge is 2.56. The van der Waals surface area contributed by atoms with Crippen LogP contribution in [0.4, 0.5) is 0 Å². The lowest BCUT2D eigenvalue weighted by Crippen LogP contribution is -2.57. The maximum Gasteiger partial charge on any atom is 0.242 e. The summed E-state index contributed by atoms with van der Waals surface area (Å²) in [6, 6.07) is 7.43. The molecule has 1 unspecified atom stereocenters. The average molecular weight is 485 g/mol. The monoisotopic (exact) mass is 484 g/mol. The quantitative estimate of drug-likeness (QED) is 0.324. The van der Waals surface area contributed by atoms with Gasteiger partial charge in [0, 0.05) is 30.1 Å². The summed E-state index contributed by atoms with van der Waals surface area (Å²) in [7, 11) is 0. The molecule has 1 saturated carbocycles. The van der Waals surface area contributed by atoms with Crippen LogP contribution in [0.1, 0.15) is 42.9 Å². The van der Waals surface area contributed by atoms with Gasteiger partial charge in [0.15, 0.2) is 0 Å². The second kappa shape index (κ2) is 8.48. The number of benzene rings is 1. The van der Waals surface area contributed by atoms with Gasteiger partial charge in [-0.3, -0.25) is 14.5 Å². The van der Waals surface area contributed by atoms with Gasteiger partial charge < -0.3 is 15.5 Å². The lowest BCUT2D eigenvalue weighted by Gasteiger charge is -2.38. The molecule has 3 aliphatic heterocycles. The van der Waals surface area contributed by atoms with Crippen LogP contribution in [0.25, 0.3) is 0 Å². The number of nitrogens with zero attached hydrogens (tertiary/aromatic N) is 4. The average Bonchev–Trinajstić information content (AvgIpc) is 3.17. The number of hydrogen-bond acceptors (Lipinski definition) is 9. The molecule has 5 aliphatic rings. The minimum Gasteiger partial charge on any atom is -0.330 e. The third kappa shape index (κ3) is 3.52. The van der Waals surface area contributed by atoms with Gasteiger partial charge in [0.2, 0.25) is 11.8 Å². The lowest BCUT2D eigenvalue weighted by molar-refractivity contribution is -0.195. The molecule has 11 heteroatoms. The third-order valence-electron chi connectivity index (χ3n) is 8.24. The van der Waals surface area contributed by atoms with Crippen LogP contribution in [0, 0.1) is 17.2 Å². The molecular weight excluding hydrogens is 456 g/mol. The van der Waals surface area contributed by atoms with Crippen LogP contribution in [0.15, 0.2) is 23.1 Å². The van der Waals surface area contributed by atoms with Crippen molar-refractivity contribution in [3.8, 4) is 6.07 Å². The fourth-order valence-electron chi connectivity index (χ4n) is 6.68. The summed E-state index contributed by atoms with van der Waals surface area (Å²) in [5.41, 5.74) is 8.73. The molecule has 0 radical (unpaired) electrons. The van der Waals surface area contributed by atoms with Gasteiger partial charge in [-0.15, -0.1) is 9.32 Å². The van der Waals surface area contributed by atoms with Crippen molar-refractivity contribution < 1.29 is 18.9 Å². The molecule has 2 bridgehead atoms. The Hall–Kier alpha value is -2.20. The SMILES string of the molecule is N#C[C@@H]1C[C@@H]2CC2N1C(=O)[C@@H](N)CN1C[C@H]2C[C@@H]1C(=O)N2[C@H]1CCc2cc(SOON)ccc21. The Kier molecular flexibility index (Phi) is 5.55. The number of amides is 2. The van der Waals surface area contributed by atoms with Gasteiger partial charge in [-0.2, -0.15) is 11.2 Å². The Morgan fingerprint density at radius 3 is 2.91 bits per heavy atom. The molecule has 4 fully saturated rings. The number of rotatable bonds is 7. The minimum absolute atomic E-state index is 0.0773. The van der Waals surface area contributed by atoms with Crippen LogP contribution in [-0.2, 0) is 25.3 Å². The fraction of sp³-hybridized carbons (Fsp3) is 0.609. The maximum atomic E-state index is 13.4. The van der Waals surface area contributed by atoms with Crippen molar-refractivity contribution in [2.45, 2.75) is 73.3 Å². The molecule has 2 aliphatic carbocycles. The third-order valence-corrected chi connectivity index (χ3v) is 8.83. The summed E-state index contributed by atoms with van der Waals surface area (Å²) in [5, 5.41) is 9.40. The maximum absolute atomic E-state index is 13.4. The van der Waals surface area contributed by atoms with Gasteiger partial charge in [-0.1, -0.05) is 6.07 Å². The van der Waals surface area contributed by atoms with Gasteiger partial charge in [0.1, 0.15) is 6.04 Å². The Morgan fingerprint density at radius 1 is 1.29 bits per heavy atom. The van der Waals surface area contributed by atoms with Crippen molar-refractivity contribution >= 4 is 23.9 Å². The Bertz CT molecular complexity index is 1060. The van der Waals surface area contributed by atoms with Crippen molar-refractivity contribution in [3.05, 3.63) is 29.3 Å². The molecule has 0 aromatic heterocycles. The van der Waals surface area contributed by atoms with E-state index in [0.29, 0.717) is 12.5 Å². The first-order valence-electron chi connectivity index (χ1n) is 11.9. The summed E-state index contributed by atoms with van der Waals surface area (Å²) < 4.78 is 4.75. The molecule has 3 heterocycles. The number of nitrogens with two attached hydrogens (primary N) is 2. The lowest BCUT2D eigenvalue weighted by atomic mass is 10.1. The first-order valence-corrected chi connectivity index (χ1v) is 12.6. The molecule has 3 saturated heterocycles. The predicted molar refractivity (Wildman–Crippen MR) is 121 cm³/mol. The number of aryl methyl sites for hydroxylation is 1. The van der Waals surface area contributed by atoms with Gasteiger partial charge >= 0.3 is 0 Å². The molecule has 7 atom stereocenters. The summed E-state index contributed by atoms with van der Waals surface area (Å²) >= 11 is 1.06. The topological polar surface area (TPSA) is 138 Å². The van der Waals surface area contributed by atoms with E-state index in [1.807, 2.05) is 6.07 Å². The normalized spacial score (nSPS) is 34.3. The number of nitriles is 1. The zero-order chi connectivity index (χ0) is 23.6. The summed E-state index contributed by atoms with van der Waals surface area (Å²) in [4.78, 5) is 37.4. The molecule has 0 spiro atoms. The van der Waals surface area contributed by atoms with Gasteiger partial charge in [-0.25, -0.2) is 0 Å². The van der Waals surface area contributed by atoms with Crippen LogP contribution in [0.2, 0.25) is 0 Å². The zero-order valence-corrected chi connectivity index (χ0v) is 19.5. The van der Waals surface area contributed by atoms with E-state index in [0.717, 1.165) is 55.6 Å². The van der Waals surface area contributed by atoms with Crippen LogP contribution in [-0.4, -0.2) is 69.8 Å². The molecule has 4 N–H and O–H groups in total. The van der Waals surface area contributed by atoms with E-state index in [2.05, 4.69) is 33.0 Å². The van der Waals surface area contributed by atoms with E-state index >= 15 is 0 Å². The Labute approximate surface area is 202 Å². The van der Waals surface area contributed by atoms with Crippen LogP contribution >= 0.6 is 12.0 Å². The first-order chi connectivity index (χ1) is 16.5. The van der Waals surface area contributed by atoms with E-state index in [1.165, 1.54) is 11.1 Å². The van der Waals surface area contributed by atoms with Crippen molar-refractivity contribution in [2.24, 2.45) is 17.5 Å². The smallest absolute Gasteiger partial charge is 0.242 e. The molecule has 6 rings (SSSR count). The molecular formula is C23H28N6O4S. The number of fused-ring (bicyclic) bond motifs is 4. The summed E-state index contributed by atoms with van der Waals surface area (Å²) in [5.74, 6) is 5.37. The molecule has 1 aromatic rings. The molecule has 34 heavy (non-hydrogen) atoms. The molecule has 10 nitrogen and oxygen atoms in total. The standard InChI is InChI=1S/C23H28N6O4S/c24-9-14-5-13-7-20(13)28(14)22(30)18(25)11-27-10-15-8-21(27)23(31)29(15)19-4-1-12-6-16(34-33-32-26)2-3-17(12)19/h2-3,6,13-15,18-21H,1,4-5,7-8,10-11,25-26H2/t13-,14+,15-,18+,19+,20?,21-/m1/s1. The largest absolute Gasteiger partial charge is 0.330 e. The van der Waals surface area contributed by atoms with E-state index in [-0.39, 0.29) is 42.0 Å². The highest BCUT2D eigenvalue weighted by atomic mass is 32.2. The number of carbonyl (C=O) groups is 2. The Balaban J connectivity index is 1.10.